The van der Waals surface area contributed by atoms with Crippen molar-refractivity contribution in [2.24, 2.45) is 0 Å². The highest BCUT2D eigenvalue weighted by Crippen LogP contribution is 2.31. The first-order valence-corrected chi connectivity index (χ1v) is 9.72. The predicted molar refractivity (Wildman–Crippen MR) is 109 cm³/mol. The minimum Gasteiger partial charge on any atom is -0.463 e. The Bertz CT molecular complexity index is 1230. The normalized spacial score (nSPS) is 14.9. The number of esters is 1. The molecule has 0 radical (unpaired) electrons. The number of amides is 3. The van der Waals surface area contributed by atoms with Crippen molar-refractivity contribution in [3.63, 3.8) is 0 Å². The molecule has 1 aromatic carbocycles. The van der Waals surface area contributed by atoms with E-state index in [0.29, 0.717) is 21.6 Å². The molecule has 10 heteroatoms. The summed E-state index contributed by atoms with van der Waals surface area (Å²) in [5.41, 5.74) is 0.650. The maximum Gasteiger partial charge on any atom is 0.373 e. The molecule has 0 atom stereocenters. The Morgan fingerprint density at radius 3 is 2.74 bits per heavy atom. The Morgan fingerprint density at radius 2 is 2.00 bits per heavy atom. The standard InChI is InChI=1S/C21H14BrFN2O6/c1-29-20(27)18-7-4-13(31-18)10-25-19(26)16(24-21(25)28)9-12-3-6-17(30-12)14-5-2-11(23)8-15(14)22/h2-9H,10H2,1H3,(H,24,28)/b16-9-. The summed E-state index contributed by atoms with van der Waals surface area (Å²) in [6.07, 6.45) is 1.39. The highest BCUT2D eigenvalue weighted by atomic mass is 79.9. The van der Waals surface area contributed by atoms with E-state index in [-0.39, 0.29) is 29.6 Å². The van der Waals surface area contributed by atoms with Crippen molar-refractivity contribution in [3.05, 3.63) is 75.7 Å². The summed E-state index contributed by atoms with van der Waals surface area (Å²) < 4.78 is 29.4. The molecule has 1 N–H and O–H groups in total. The van der Waals surface area contributed by atoms with Crippen molar-refractivity contribution in [1.82, 2.24) is 10.2 Å². The van der Waals surface area contributed by atoms with Gasteiger partial charge in [-0.2, -0.15) is 0 Å². The molecule has 0 unspecified atom stereocenters. The van der Waals surface area contributed by atoms with Gasteiger partial charge in [0.25, 0.3) is 5.91 Å². The van der Waals surface area contributed by atoms with Crippen LogP contribution >= 0.6 is 15.9 Å². The summed E-state index contributed by atoms with van der Waals surface area (Å²) in [6, 6.07) is 9.71. The minimum atomic E-state index is -0.662. The number of benzene rings is 1. The third-order valence-electron chi connectivity index (χ3n) is 4.43. The molecule has 1 aliphatic rings. The van der Waals surface area contributed by atoms with Gasteiger partial charge in [-0.15, -0.1) is 0 Å². The molecule has 3 aromatic rings. The number of rotatable bonds is 5. The van der Waals surface area contributed by atoms with Crippen LogP contribution in [0.2, 0.25) is 0 Å². The smallest absolute Gasteiger partial charge is 0.373 e. The van der Waals surface area contributed by atoms with Crippen LogP contribution in [0, 0.1) is 5.82 Å². The molecule has 8 nitrogen and oxygen atoms in total. The van der Waals surface area contributed by atoms with Crippen LogP contribution in [0.4, 0.5) is 9.18 Å². The number of nitrogens with zero attached hydrogens (tertiary/aromatic N) is 1. The molecule has 0 aliphatic carbocycles. The molecule has 158 valence electrons. The maximum absolute atomic E-state index is 13.3. The number of halogens is 2. The van der Waals surface area contributed by atoms with E-state index in [1.165, 1.54) is 37.5 Å². The van der Waals surface area contributed by atoms with Gasteiger partial charge in [-0.25, -0.2) is 14.0 Å². The fourth-order valence-electron chi connectivity index (χ4n) is 2.95. The van der Waals surface area contributed by atoms with Crippen LogP contribution in [0.25, 0.3) is 17.4 Å². The molecule has 0 saturated carbocycles. The molecule has 3 amide bonds. The van der Waals surface area contributed by atoms with Crippen molar-refractivity contribution in [1.29, 1.82) is 0 Å². The highest BCUT2D eigenvalue weighted by Gasteiger charge is 2.34. The monoisotopic (exact) mass is 488 g/mol. The maximum atomic E-state index is 13.3. The first kappa shape index (κ1) is 20.6. The number of carbonyl (C=O) groups is 3. The van der Waals surface area contributed by atoms with Gasteiger partial charge in [0.1, 0.15) is 28.8 Å². The largest absolute Gasteiger partial charge is 0.463 e. The summed E-state index contributed by atoms with van der Waals surface area (Å²) in [5.74, 6) is -0.644. The van der Waals surface area contributed by atoms with Crippen LogP contribution in [-0.2, 0) is 16.1 Å². The van der Waals surface area contributed by atoms with E-state index < -0.39 is 17.9 Å². The Balaban J connectivity index is 1.51. The van der Waals surface area contributed by atoms with E-state index in [2.05, 4.69) is 26.0 Å². The van der Waals surface area contributed by atoms with E-state index in [1.807, 2.05) is 0 Å². The van der Waals surface area contributed by atoms with Gasteiger partial charge in [0, 0.05) is 16.1 Å². The fourth-order valence-corrected chi connectivity index (χ4v) is 3.50. The van der Waals surface area contributed by atoms with Gasteiger partial charge in [0.15, 0.2) is 0 Å². The lowest BCUT2D eigenvalue weighted by Crippen LogP contribution is -2.30. The number of nitrogens with one attached hydrogen (secondary N) is 1. The molecule has 31 heavy (non-hydrogen) atoms. The molecule has 1 saturated heterocycles. The molecule has 0 bridgehead atoms. The number of urea groups is 1. The quantitative estimate of drug-likeness (QED) is 0.326. The number of hydrogen-bond donors (Lipinski definition) is 1. The van der Waals surface area contributed by atoms with Crippen molar-refractivity contribution in [3.8, 4) is 11.3 Å². The van der Waals surface area contributed by atoms with Crippen LogP contribution in [0.5, 0.6) is 0 Å². The summed E-state index contributed by atoms with van der Waals surface area (Å²) in [4.78, 5) is 37.3. The predicted octanol–water partition coefficient (Wildman–Crippen LogP) is 4.32. The second-order valence-corrected chi connectivity index (χ2v) is 7.32. The van der Waals surface area contributed by atoms with Gasteiger partial charge in [0.2, 0.25) is 5.76 Å². The highest BCUT2D eigenvalue weighted by molar-refractivity contribution is 9.10. The van der Waals surface area contributed by atoms with Gasteiger partial charge in [-0.05, 0) is 58.4 Å². The van der Waals surface area contributed by atoms with Gasteiger partial charge in [-0.1, -0.05) is 0 Å². The SMILES string of the molecule is COC(=O)c1ccc(CN2C(=O)N/C(=C\c3ccc(-c4ccc(F)cc4Br)o3)C2=O)o1. The van der Waals surface area contributed by atoms with Crippen LogP contribution in [0.15, 0.2) is 61.5 Å². The lowest BCUT2D eigenvalue weighted by atomic mass is 10.2. The van der Waals surface area contributed by atoms with E-state index in [1.54, 1.807) is 18.2 Å². The van der Waals surface area contributed by atoms with Gasteiger partial charge in [-0.3, -0.25) is 9.69 Å². The Hall–Kier alpha value is -3.66. The number of hydrogen-bond acceptors (Lipinski definition) is 6. The molecule has 1 aliphatic heterocycles. The number of carbonyl (C=O) groups excluding carboxylic acids is 3. The van der Waals surface area contributed by atoms with Crippen molar-refractivity contribution in [2.75, 3.05) is 7.11 Å². The Labute approximate surface area is 183 Å². The number of methoxy groups -OCH3 is 1. The van der Waals surface area contributed by atoms with Crippen molar-refractivity contribution >= 4 is 39.9 Å². The number of furan rings is 2. The molecule has 1 fully saturated rings. The second kappa shape index (κ2) is 8.23. The molecular weight excluding hydrogens is 475 g/mol. The minimum absolute atomic E-state index is 0.0174. The Morgan fingerprint density at radius 1 is 1.19 bits per heavy atom. The summed E-state index contributed by atoms with van der Waals surface area (Å²) >= 11 is 3.28. The number of imide groups is 1. The van der Waals surface area contributed by atoms with Gasteiger partial charge < -0.3 is 18.9 Å². The Kier molecular flexibility index (Phi) is 5.47. The lowest BCUT2D eigenvalue weighted by molar-refractivity contribution is -0.123. The van der Waals surface area contributed by atoms with Gasteiger partial charge in [0.05, 0.1) is 13.7 Å². The average molecular weight is 489 g/mol. The topological polar surface area (TPSA) is 102 Å². The number of ether oxygens (including phenoxy) is 1. The van der Waals surface area contributed by atoms with Crippen molar-refractivity contribution in [2.45, 2.75) is 6.54 Å². The average Bonchev–Trinajstić information content (AvgIpc) is 3.45. The summed E-state index contributed by atoms with van der Waals surface area (Å²) in [5, 5.41) is 2.48. The lowest BCUT2D eigenvalue weighted by Gasteiger charge is -2.09. The van der Waals surface area contributed by atoms with E-state index >= 15 is 0 Å². The summed E-state index contributed by atoms with van der Waals surface area (Å²) in [7, 11) is 1.22. The first-order chi connectivity index (χ1) is 14.9. The van der Waals surface area contributed by atoms with Crippen LogP contribution < -0.4 is 5.32 Å². The van der Waals surface area contributed by atoms with E-state index in [9.17, 15) is 18.8 Å². The van der Waals surface area contributed by atoms with Crippen LogP contribution in [0.3, 0.4) is 0 Å². The van der Waals surface area contributed by atoms with E-state index in [4.69, 9.17) is 8.83 Å². The third-order valence-corrected chi connectivity index (χ3v) is 5.09. The van der Waals surface area contributed by atoms with Crippen LogP contribution in [-0.4, -0.2) is 29.9 Å². The molecule has 4 rings (SSSR count). The third kappa shape index (κ3) is 4.15. The zero-order chi connectivity index (χ0) is 22.1. The zero-order valence-electron chi connectivity index (χ0n) is 16.0. The summed E-state index contributed by atoms with van der Waals surface area (Å²) in [6.45, 7) is -0.162. The van der Waals surface area contributed by atoms with Gasteiger partial charge >= 0.3 is 12.0 Å². The van der Waals surface area contributed by atoms with Crippen LogP contribution in [0.1, 0.15) is 22.1 Å². The molecule has 0 spiro atoms. The molecule has 2 aromatic heterocycles. The molecular formula is C21H14BrFN2O6. The first-order valence-electron chi connectivity index (χ1n) is 8.92. The van der Waals surface area contributed by atoms with Crippen molar-refractivity contribution < 1.29 is 32.3 Å². The molecule has 3 heterocycles. The fraction of sp³-hybridized carbons (Fsp3) is 0.0952. The van der Waals surface area contributed by atoms with E-state index in [0.717, 1.165) is 4.90 Å². The second-order valence-electron chi connectivity index (χ2n) is 6.46. The zero-order valence-corrected chi connectivity index (χ0v) is 17.6.